The van der Waals surface area contributed by atoms with Crippen LogP contribution < -0.4 is 4.90 Å². The van der Waals surface area contributed by atoms with Crippen LogP contribution in [0.2, 0.25) is 0 Å². The lowest BCUT2D eigenvalue weighted by molar-refractivity contribution is 0.660. The van der Waals surface area contributed by atoms with Crippen LogP contribution in [0.25, 0.3) is 44.5 Å². The Labute approximate surface area is 317 Å². The van der Waals surface area contributed by atoms with Crippen LogP contribution >= 0.6 is 0 Å². The molecule has 0 N–H and O–H groups in total. The van der Waals surface area contributed by atoms with E-state index in [1.165, 1.54) is 83.5 Å². The van der Waals surface area contributed by atoms with Crippen molar-refractivity contribution in [1.82, 2.24) is 0 Å². The molecule has 0 saturated carbocycles. The van der Waals surface area contributed by atoms with Gasteiger partial charge >= 0.3 is 0 Å². The van der Waals surface area contributed by atoms with Gasteiger partial charge in [-0.2, -0.15) is 0 Å². The first kappa shape index (κ1) is 31.1. The van der Waals surface area contributed by atoms with Crippen molar-refractivity contribution in [2.75, 3.05) is 4.90 Å². The average molecular weight is 690 g/mol. The summed E-state index contributed by atoms with van der Waals surface area (Å²) in [5.74, 6) is 0. The number of anilines is 3. The summed E-state index contributed by atoms with van der Waals surface area (Å²) in [5, 5.41) is 0. The van der Waals surface area contributed by atoms with Gasteiger partial charge in [0.1, 0.15) is 0 Å². The first-order valence-corrected chi connectivity index (χ1v) is 19.1. The summed E-state index contributed by atoms with van der Waals surface area (Å²) in [6.45, 7) is 6.88. The normalized spacial score (nSPS) is 14.5. The highest BCUT2D eigenvalue weighted by atomic mass is 15.1. The minimum absolute atomic E-state index is 0.107. The van der Waals surface area contributed by atoms with E-state index < -0.39 is 5.41 Å². The molecule has 0 unspecified atom stereocenters. The maximum atomic E-state index is 2.50. The second-order valence-corrected chi connectivity index (χ2v) is 15.8. The second-order valence-electron chi connectivity index (χ2n) is 15.8. The fraction of sp³-hybridized carbons (Fsp3) is 0.0943. The molecule has 0 saturated heterocycles. The fourth-order valence-electron chi connectivity index (χ4n) is 10.0. The van der Waals surface area contributed by atoms with Gasteiger partial charge in [0.2, 0.25) is 0 Å². The van der Waals surface area contributed by atoms with Crippen molar-refractivity contribution in [1.29, 1.82) is 0 Å². The molecule has 0 heterocycles. The van der Waals surface area contributed by atoms with Crippen LogP contribution in [0.15, 0.2) is 182 Å². The Morgan fingerprint density at radius 1 is 0.333 bits per heavy atom. The van der Waals surface area contributed by atoms with Crippen molar-refractivity contribution in [3.8, 4) is 44.5 Å². The van der Waals surface area contributed by atoms with Gasteiger partial charge in [0.15, 0.2) is 0 Å². The van der Waals surface area contributed by atoms with Gasteiger partial charge in [-0.3, -0.25) is 0 Å². The van der Waals surface area contributed by atoms with E-state index >= 15 is 0 Å². The molecule has 11 rings (SSSR count). The van der Waals surface area contributed by atoms with Crippen molar-refractivity contribution < 1.29 is 0 Å². The molecule has 3 aliphatic carbocycles. The molecule has 0 aromatic heterocycles. The van der Waals surface area contributed by atoms with E-state index in [1.54, 1.807) is 0 Å². The highest BCUT2D eigenvalue weighted by Crippen LogP contribution is 2.63. The number of hydrogen-bond acceptors (Lipinski definition) is 1. The molecule has 1 heteroatoms. The minimum Gasteiger partial charge on any atom is -0.310 e. The number of hydrogen-bond donors (Lipinski definition) is 0. The molecule has 256 valence electrons. The van der Waals surface area contributed by atoms with Crippen LogP contribution in [0.4, 0.5) is 17.1 Å². The largest absolute Gasteiger partial charge is 0.310 e. The lowest BCUT2D eigenvalue weighted by Gasteiger charge is -2.32. The highest BCUT2D eigenvalue weighted by Gasteiger charge is 2.51. The predicted octanol–water partition coefficient (Wildman–Crippen LogP) is 13.8. The zero-order valence-corrected chi connectivity index (χ0v) is 30.8. The Kier molecular flexibility index (Phi) is 6.50. The molecule has 1 spiro atoms. The van der Waals surface area contributed by atoms with Gasteiger partial charge in [-0.15, -0.1) is 0 Å². The van der Waals surface area contributed by atoms with E-state index in [-0.39, 0.29) is 5.41 Å². The summed E-state index contributed by atoms with van der Waals surface area (Å²) in [7, 11) is 0. The Morgan fingerprint density at radius 2 is 0.704 bits per heavy atom. The van der Waals surface area contributed by atoms with Gasteiger partial charge in [-0.1, -0.05) is 165 Å². The third-order valence-corrected chi connectivity index (χ3v) is 12.6. The maximum absolute atomic E-state index is 2.50. The average Bonchev–Trinajstić information content (AvgIpc) is 3.77. The van der Waals surface area contributed by atoms with Crippen LogP contribution in [0.5, 0.6) is 0 Å². The third kappa shape index (κ3) is 4.15. The number of nitrogens with zero attached hydrogens (tertiary/aromatic N) is 1. The van der Waals surface area contributed by atoms with Gasteiger partial charge in [-0.05, 0) is 121 Å². The number of fused-ring (bicyclic) bond motifs is 13. The van der Waals surface area contributed by atoms with Crippen LogP contribution in [0, 0.1) is 6.92 Å². The van der Waals surface area contributed by atoms with Gasteiger partial charge in [0, 0.05) is 22.5 Å². The summed E-state index contributed by atoms with van der Waals surface area (Å²) >= 11 is 0. The summed E-state index contributed by atoms with van der Waals surface area (Å²) < 4.78 is 0. The fourth-order valence-corrected chi connectivity index (χ4v) is 10.0. The molecular formula is C53H39N. The topological polar surface area (TPSA) is 3.24 Å². The Hall–Kier alpha value is -6.44. The van der Waals surface area contributed by atoms with Crippen LogP contribution in [0.1, 0.15) is 52.8 Å². The Morgan fingerprint density at radius 3 is 1.22 bits per heavy atom. The molecule has 3 aliphatic rings. The molecule has 0 atom stereocenters. The molecular weight excluding hydrogens is 651 g/mol. The standard InChI is InChI=1S/C53H39N/c1-34-20-22-35(23-21-34)36-24-26-37(27-25-36)54(38-28-30-44-40-12-4-8-16-46(40)52(2,3)50(44)32-38)39-29-31-45-43-15-7-11-19-49(43)53(51(45)33-39)47-17-9-5-13-41(47)42-14-6-10-18-48(42)53/h4-33H,1-3H3. The molecule has 1 nitrogen and oxygen atoms in total. The van der Waals surface area contributed by atoms with E-state index in [0.717, 1.165) is 17.1 Å². The molecule has 0 bridgehead atoms. The molecule has 0 amide bonds. The first-order valence-electron chi connectivity index (χ1n) is 19.1. The lowest BCUT2D eigenvalue weighted by atomic mass is 9.70. The zero-order chi connectivity index (χ0) is 36.2. The van der Waals surface area contributed by atoms with Gasteiger partial charge < -0.3 is 4.90 Å². The molecule has 0 aliphatic heterocycles. The Bertz CT molecular complexity index is 2740. The van der Waals surface area contributed by atoms with Crippen LogP contribution in [0.3, 0.4) is 0 Å². The molecule has 54 heavy (non-hydrogen) atoms. The minimum atomic E-state index is -0.405. The number of benzene rings is 8. The lowest BCUT2D eigenvalue weighted by Crippen LogP contribution is -2.26. The smallest absolute Gasteiger partial charge is 0.0726 e. The van der Waals surface area contributed by atoms with Gasteiger partial charge in [0.05, 0.1) is 5.41 Å². The third-order valence-electron chi connectivity index (χ3n) is 12.6. The van der Waals surface area contributed by atoms with Gasteiger partial charge in [-0.25, -0.2) is 0 Å². The van der Waals surface area contributed by atoms with Crippen molar-refractivity contribution in [3.63, 3.8) is 0 Å². The van der Waals surface area contributed by atoms with E-state index in [1.807, 2.05) is 0 Å². The molecule has 0 fully saturated rings. The monoisotopic (exact) mass is 689 g/mol. The summed E-state index contributed by atoms with van der Waals surface area (Å²) in [5.41, 5.74) is 22.8. The molecule has 8 aromatic carbocycles. The quantitative estimate of drug-likeness (QED) is 0.178. The van der Waals surface area contributed by atoms with Crippen molar-refractivity contribution >= 4 is 17.1 Å². The second kappa shape index (κ2) is 11.3. The van der Waals surface area contributed by atoms with E-state index in [4.69, 9.17) is 0 Å². The van der Waals surface area contributed by atoms with Crippen molar-refractivity contribution in [2.24, 2.45) is 0 Å². The van der Waals surface area contributed by atoms with E-state index in [0.29, 0.717) is 0 Å². The maximum Gasteiger partial charge on any atom is 0.0726 e. The molecule has 8 aromatic rings. The first-order chi connectivity index (χ1) is 26.4. The SMILES string of the molecule is Cc1ccc(-c2ccc(N(c3ccc4c(c3)C(C)(C)c3ccccc3-4)c3ccc4c(c3)C3(c5ccccc5-c5ccccc53)c3ccccc3-4)cc2)cc1. The summed E-state index contributed by atoms with van der Waals surface area (Å²) in [4.78, 5) is 2.47. The Balaban J connectivity index is 1.14. The highest BCUT2D eigenvalue weighted by molar-refractivity contribution is 5.96. The van der Waals surface area contributed by atoms with Crippen LogP contribution in [-0.2, 0) is 10.8 Å². The van der Waals surface area contributed by atoms with E-state index in [9.17, 15) is 0 Å². The number of rotatable bonds is 4. The van der Waals surface area contributed by atoms with Crippen LogP contribution in [-0.4, -0.2) is 0 Å². The zero-order valence-electron chi connectivity index (χ0n) is 30.8. The predicted molar refractivity (Wildman–Crippen MR) is 225 cm³/mol. The summed E-state index contributed by atoms with van der Waals surface area (Å²) in [6, 6.07) is 68.4. The van der Waals surface area contributed by atoms with Gasteiger partial charge in [0.25, 0.3) is 0 Å². The number of aryl methyl sites for hydroxylation is 1. The van der Waals surface area contributed by atoms with Crippen molar-refractivity contribution in [2.45, 2.75) is 31.6 Å². The van der Waals surface area contributed by atoms with E-state index in [2.05, 4.69) is 208 Å². The molecule has 0 radical (unpaired) electrons. The summed E-state index contributed by atoms with van der Waals surface area (Å²) in [6.07, 6.45) is 0. The van der Waals surface area contributed by atoms with Crippen molar-refractivity contribution in [3.05, 3.63) is 221 Å².